The number of benzene rings is 1. The van der Waals surface area contributed by atoms with Crippen LogP contribution in [0, 0.1) is 0 Å². The molecule has 0 spiro atoms. The van der Waals surface area contributed by atoms with Crippen LogP contribution < -0.4 is 5.32 Å². The van der Waals surface area contributed by atoms with Crippen LogP contribution in [0.3, 0.4) is 0 Å². The molecule has 1 N–H and O–H groups in total. The third kappa shape index (κ3) is 2.84. The minimum atomic E-state index is -3.72. The second-order valence-corrected chi connectivity index (χ2v) is 8.08. The first kappa shape index (κ1) is 18.6. The topological polar surface area (TPSA) is 79.6 Å². The molecule has 1 aromatic carbocycles. The molecule has 26 heavy (non-hydrogen) atoms. The van der Waals surface area contributed by atoms with Gasteiger partial charge in [-0.15, -0.1) is 17.5 Å². The predicted octanol–water partition coefficient (Wildman–Crippen LogP) is 2.01. The molecule has 0 fully saturated rings. The van der Waals surface area contributed by atoms with Crippen molar-refractivity contribution in [3.63, 3.8) is 0 Å². The van der Waals surface area contributed by atoms with Crippen molar-refractivity contribution in [1.29, 1.82) is 0 Å². The van der Waals surface area contributed by atoms with Crippen LogP contribution in [0.15, 0.2) is 46.3 Å². The van der Waals surface area contributed by atoms with Gasteiger partial charge >= 0.3 is 0 Å². The number of anilines is 1. The summed E-state index contributed by atoms with van der Waals surface area (Å²) in [4.78, 5) is 7.02. The molecule has 7 nitrogen and oxygen atoms in total. The summed E-state index contributed by atoms with van der Waals surface area (Å²) in [6, 6.07) is 8.39. The summed E-state index contributed by atoms with van der Waals surface area (Å²) >= 11 is 0. The Balaban J connectivity index is 0.00000196. The highest BCUT2D eigenvalue weighted by molar-refractivity contribution is 7.91. The van der Waals surface area contributed by atoms with E-state index in [-0.39, 0.29) is 22.2 Å². The zero-order valence-electron chi connectivity index (χ0n) is 14.5. The van der Waals surface area contributed by atoms with Crippen molar-refractivity contribution in [3.05, 3.63) is 47.8 Å². The maximum Gasteiger partial charge on any atom is 0.214 e. The van der Waals surface area contributed by atoms with E-state index in [0.717, 1.165) is 30.8 Å². The van der Waals surface area contributed by atoms with Gasteiger partial charge in [-0.3, -0.25) is 0 Å². The molecule has 2 aromatic heterocycles. The van der Waals surface area contributed by atoms with Crippen LogP contribution in [0.2, 0.25) is 0 Å². The monoisotopic (exact) mass is 393 g/mol. The van der Waals surface area contributed by atoms with E-state index in [1.807, 2.05) is 0 Å². The maximum atomic E-state index is 13.2. The lowest BCUT2D eigenvalue weighted by atomic mass is 10.1. The van der Waals surface area contributed by atoms with Crippen LogP contribution in [-0.2, 0) is 22.8 Å². The number of likely N-dealkylation sites (N-methyl/N-ethyl adjacent to an activating group) is 1. The predicted molar refractivity (Wildman–Crippen MR) is 102 cm³/mol. The Morgan fingerprint density at radius 2 is 1.92 bits per heavy atom. The number of rotatable bonds is 3. The van der Waals surface area contributed by atoms with E-state index < -0.39 is 9.84 Å². The SMILES string of the molecule is CNc1nn2c3c(cnc2c1S(=O)(=O)c1ccccc1)CN(C)CC3.Cl. The number of nitrogens with one attached hydrogen (secondary N) is 1. The van der Waals surface area contributed by atoms with E-state index in [2.05, 4.69) is 27.3 Å². The van der Waals surface area contributed by atoms with E-state index in [1.165, 1.54) is 0 Å². The molecule has 0 radical (unpaired) electrons. The van der Waals surface area contributed by atoms with E-state index in [1.54, 1.807) is 48.1 Å². The molecule has 0 atom stereocenters. The van der Waals surface area contributed by atoms with Crippen molar-refractivity contribution in [2.75, 3.05) is 26.0 Å². The molecule has 0 unspecified atom stereocenters. The van der Waals surface area contributed by atoms with Gasteiger partial charge in [0.15, 0.2) is 16.4 Å². The van der Waals surface area contributed by atoms with Gasteiger partial charge in [-0.1, -0.05) is 18.2 Å². The molecule has 0 saturated carbocycles. The van der Waals surface area contributed by atoms with Gasteiger partial charge in [0.2, 0.25) is 9.84 Å². The standard InChI is InChI=1S/C17H19N5O2S.ClH/c1-18-16-15(25(23,24)13-6-4-3-5-7-13)17-19-10-12-11-21(2)9-8-14(12)22(17)20-16;/h3-7,10H,8-9,11H2,1-2H3,(H,18,20);1H. The zero-order chi connectivity index (χ0) is 17.6. The van der Waals surface area contributed by atoms with Crippen molar-refractivity contribution in [3.8, 4) is 0 Å². The molecular weight excluding hydrogens is 374 g/mol. The molecule has 1 aliphatic rings. The lowest BCUT2D eigenvalue weighted by Crippen LogP contribution is -2.28. The fourth-order valence-electron chi connectivity index (χ4n) is 3.24. The van der Waals surface area contributed by atoms with Gasteiger partial charge in [-0.05, 0) is 19.2 Å². The Kier molecular flexibility index (Phi) is 4.92. The van der Waals surface area contributed by atoms with E-state index in [9.17, 15) is 8.42 Å². The van der Waals surface area contributed by atoms with Crippen LogP contribution in [0.4, 0.5) is 5.82 Å². The normalized spacial score (nSPS) is 14.7. The number of hydrogen-bond acceptors (Lipinski definition) is 6. The van der Waals surface area contributed by atoms with Crippen molar-refractivity contribution < 1.29 is 8.42 Å². The minimum absolute atomic E-state index is 0. The van der Waals surface area contributed by atoms with E-state index >= 15 is 0 Å². The van der Waals surface area contributed by atoms with Gasteiger partial charge in [0, 0.05) is 38.3 Å². The molecule has 9 heteroatoms. The summed E-state index contributed by atoms with van der Waals surface area (Å²) in [6.07, 6.45) is 2.58. The number of sulfone groups is 1. The number of halogens is 1. The van der Waals surface area contributed by atoms with E-state index in [0.29, 0.717) is 11.5 Å². The van der Waals surface area contributed by atoms with Crippen LogP contribution in [0.25, 0.3) is 5.65 Å². The molecule has 3 aromatic rings. The first-order chi connectivity index (χ1) is 12.0. The molecule has 4 rings (SSSR count). The summed E-state index contributed by atoms with van der Waals surface area (Å²) in [6.45, 7) is 1.69. The molecule has 1 aliphatic heterocycles. The minimum Gasteiger partial charge on any atom is -0.370 e. The van der Waals surface area contributed by atoms with Crippen molar-refractivity contribution in [1.82, 2.24) is 19.5 Å². The van der Waals surface area contributed by atoms with Gasteiger partial charge in [-0.2, -0.15) is 0 Å². The number of nitrogens with zero attached hydrogens (tertiary/aromatic N) is 4. The van der Waals surface area contributed by atoms with Crippen LogP contribution in [-0.4, -0.2) is 48.6 Å². The first-order valence-electron chi connectivity index (χ1n) is 8.08. The summed E-state index contributed by atoms with van der Waals surface area (Å²) < 4.78 is 28.0. The average molecular weight is 394 g/mol. The van der Waals surface area contributed by atoms with Crippen LogP contribution in [0.1, 0.15) is 11.3 Å². The largest absolute Gasteiger partial charge is 0.370 e. The van der Waals surface area contributed by atoms with Crippen molar-refractivity contribution >= 4 is 33.7 Å². The third-order valence-electron chi connectivity index (χ3n) is 4.52. The Bertz CT molecular complexity index is 1050. The molecular formula is C17H20ClN5O2S. The number of aromatic nitrogens is 3. The number of hydrogen-bond donors (Lipinski definition) is 1. The zero-order valence-corrected chi connectivity index (χ0v) is 16.1. The Labute approximate surface area is 158 Å². The highest BCUT2D eigenvalue weighted by atomic mass is 35.5. The molecule has 0 saturated heterocycles. The van der Waals surface area contributed by atoms with Crippen LogP contribution >= 0.6 is 12.4 Å². The smallest absolute Gasteiger partial charge is 0.214 e. The van der Waals surface area contributed by atoms with Gasteiger partial charge in [-0.25, -0.2) is 17.9 Å². The third-order valence-corrected chi connectivity index (χ3v) is 6.32. The summed E-state index contributed by atoms with van der Waals surface area (Å²) in [5, 5.41) is 7.42. The Hall–Kier alpha value is -2.16. The molecule has 138 valence electrons. The molecule has 0 amide bonds. The van der Waals surface area contributed by atoms with Crippen molar-refractivity contribution in [2.45, 2.75) is 22.8 Å². The molecule has 0 aliphatic carbocycles. The first-order valence-corrected chi connectivity index (χ1v) is 9.56. The van der Waals surface area contributed by atoms with Gasteiger partial charge in [0.25, 0.3) is 0 Å². The average Bonchev–Trinajstić information content (AvgIpc) is 3.02. The van der Waals surface area contributed by atoms with Crippen LogP contribution in [0.5, 0.6) is 0 Å². The Morgan fingerprint density at radius 1 is 1.19 bits per heavy atom. The highest BCUT2D eigenvalue weighted by Crippen LogP contribution is 2.32. The molecule has 3 heterocycles. The highest BCUT2D eigenvalue weighted by Gasteiger charge is 2.30. The van der Waals surface area contributed by atoms with Gasteiger partial charge < -0.3 is 10.2 Å². The second kappa shape index (κ2) is 6.86. The van der Waals surface area contributed by atoms with Gasteiger partial charge in [0.05, 0.1) is 10.6 Å². The number of fused-ring (bicyclic) bond motifs is 3. The fraction of sp³-hybridized carbons (Fsp3) is 0.294. The van der Waals surface area contributed by atoms with E-state index in [4.69, 9.17) is 0 Å². The summed E-state index contributed by atoms with van der Waals surface area (Å²) in [5.41, 5.74) is 2.47. The summed E-state index contributed by atoms with van der Waals surface area (Å²) in [5.74, 6) is 0.323. The second-order valence-electron chi connectivity index (χ2n) is 6.20. The van der Waals surface area contributed by atoms with Crippen molar-refractivity contribution in [2.24, 2.45) is 0 Å². The lowest BCUT2D eigenvalue weighted by Gasteiger charge is -2.24. The lowest BCUT2D eigenvalue weighted by molar-refractivity contribution is 0.307. The molecule has 0 bridgehead atoms. The summed E-state index contributed by atoms with van der Waals surface area (Å²) in [7, 11) is 0.00767. The Morgan fingerprint density at radius 3 is 2.62 bits per heavy atom. The fourth-order valence-corrected chi connectivity index (χ4v) is 4.77. The quantitative estimate of drug-likeness (QED) is 0.733. The maximum absolute atomic E-state index is 13.2. The van der Waals surface area contributed by atoms with Gasteiger partial charge in [0.1, 0.15) is 0 Å².